The molecular formula is C18H17N3O. The smallest absolute Gasteiger partial charge is 0.233 e. The summed E-state index contributed by atoms with van der Waals surface area (Å²) in [6.45, 7) is 4.67. The monoisotopic (exact) mass is 291 g/mol. The minimum atomic E-state index is 0.496. The maximum absolute atomic E-state index is 5.75. The van der Waals surface area contributed by atoms with Gasteiger partial charge in [-0.15, -0.1) is 10.2 Å². The van der Waals surface area contributed by atoms with Gasteiger partial charge < -0.3 is 4.74 Å². The van der Waals surface area contributed by atoms with Crippen molar-refractivity contribution >= 4 is 0 Å². The molecule has 3 aromatic rings. The first kappa shape index (κ1) is 14.2. The number of ether oxygens (including phenoxy) is 1. The van der Waals surface area contributed by atoms with Gasteiger partial charge in [0.15, 0.2) is 0 Å². The molecule has 0 spiro atoms. The van der Waals surface area contributed by atoms with Crippen LogP contribution < -0.4 is 4.74 Å². The molecule has 0 saturated heterocycles. The van der Waals surface area contributed by atoms with Crippen LogP contribution in [0.2, 0.25) is 0 Å². The normalized spacial score (nSPS) is 10.5. The summed E-state index contributed by atoms with van der Waals surface area (Å²) < 4.78 is 5.75. The molecule has 0 unspecified atom stereocenters. The Labute approximate surface area is 129 Å². The molecule has 0 aliphatic carbocycles. The number of rotatable bonds is 4. The third-order valence-corrected chi connectivity index (χ3v) is 3.58. The summed E-state index contributed by atoms with van der Waals surface area (Å²) in [4.78, 5) is 4.25. The van der Waals surface area contributed by atoms with Crippen LogP contribution in [0, 0.1) is 13.8 Å². The van der Waals surface area contributed by atoms with E-state index in [9.17, 15) is 0 Å². The molecule has 0 aliphatic rings. The van der Waals surface area contributed by atoms with E-state index in [2.05, 4.69) is 47.2 Å². The first-order chi connectivity index (χ1) is 10.7. The molecule has 0 radical (unpaired) electrons. The van der Waals surface area contributed by atoms with Crippen molar-refractivity contribution in [2.45, 2.75) is 20.5 Å². The van der Waals surface area contributed by atoms with Crippen LogP contribution in [0.5, 0.6) is 5.88 Å². The van der Waals surface area contributed by atoms with Crippen LogP contribution in [0.3, 0.4) is 0 Å². The number of hydrogen-bond acceptors (Lipinski definition) is 4. The highest BCUT2D eigenvalue weighted by Gasteiger charge is 2.05. The predicted molar refractivity (Wildman–Crippen MR) is 85.5 cm³/mol. The summed E-state index contributed by atoms with van der Waals surface area (Å²) in [7, 11) is 0. The molecule has 0 N–H and O–H groups in total. The van der Waals surface area contributed by atoms with Crippen LogP contribution in [-0.4, -0.2) is 15.2 Å². The highest BCUT2D eigenvalue weighted by Crippen LogP contribution is 2.18. The van der Waals surface area contributed by atoms with Gasteiger partial charge >= 0.3 is 0 Å². The Bertz CT molecular complexity index is 735. The molecule has 22 heavy (non-hydrogen) atoms. The number of hydrogen-bond donors (Lipinski definition) is 0. The lowest BCUT2D eigenvalue weighted by Gasteiger charge is -2.10. The average molecular weight is 291 g/mol. The zero-order valence-electron chi connectivity index (χ0n) is 12.7. The molecule has 2 aromatic heterocycles. The van der Waals surface area contributed by atoms with Crippen molar-refractivity contribution < 1.29 is 4.74 Å². The van der Waals surface area contributed by atoms with Crippen molar-refractivity contribution in [2.75, 3.05) is 0 Å². The van der Waals surface area contributed by atoms with Crippen LogP contribution in [0.25, 0.3) is 11.4 Å². The van der Waals surface area contributed by atoms with Gasteiger partial charge in [0, 0.05) is 12.3 Å². The van der Waals surface area contributed by atoms with Gasteiger partial charge in [0.2, 0.25) is 5.88 Å². The lowest BCUT2D eigenvalue weighted by atomic mass is 10.0. The summed E-state index contributed by atoms with van der Waals surface area (Å²) in [5.74, 6) is 0.516. The number of nitrogens with zero attached hydrogens (tertiary/aromatic N) is 3. The van der Waals surface area contributed by atoms with Crippen molar-refractivity contribution in [1.82, 2.24) is 15.2 Å². The molecular weight excluding hydrogens is 274 g/mol. The van der Waals surface area contributed by atoms with E-state index in [1.165, 1.54) is 16.7 Å². The summed E-state index contributed by atoms with van der Waals surface area (Å²) in [5.41, 5.74) is 5.17. The first-order valence-electron chi connectivity index (χ1n) is 7.17. The quantitative estimate of drug-likeness (QED) is 0.734. The summed E-state index contributed by atoms with van der Waals surface area (Å²) in [6, 6.07) is 15.6. The fraction of sp³-hybridized carbons (Fsp3) is 0.167. The Kier molecular flexibility index (Phi) is 4.10. The van der Waals surface area contributed by atoms with Gasteiger partial charge in [0.1, 0.15) is 12.3 Å². The Morgan fingerprint density at radius 1 is 0.818 bits per heavy atom. The second-order valence-corrected chi connectivity index (χ2v) is 5.13. The van der Waals surface area contributed by atoms with Gasteiger partial charge in [-0.3, -0.25) is 4.98 Å². The molecule has 2 heterocycles. The van der Waals surface area contributed by atoms with Crippen molar-refractivity contribution in [3.05, 3.63) is 71.4 Å². The van der Waals surface area contributed by atoms with E-state index in [0.29, 0.717) is 12.5 Å². The van der Waals surface area contributed by atoms with Gasteiger partial charge in [-0.25, -0.2) is 0 Å². The van der Waals surface area contributed by atoms with E-state index >= 15 is 0 Å². The topological polar surface area (TPSA) is 47.9 Å². The van der Waals surface area contributed by atoms with E-state index in [1.54, 1.807) is 6.20 Å². The zero-order chi connectivity index (χ0) is 15.4. The molecule has 3 rings (SSSR count). The number of pyridine rings is 1. The third-order valence-electron chi connectivity index (χ3n) is 3.58. The van der Waals surface area contributed by atoms with Gasteiger partial charge in [-0.05, 0) is 48.7 Å². The molecule has 4 heteroatoms. The lowest BCUT2D eigenvalue weighted by Crippen LogP contribution is -2.02. The predicted octanol–water partition coefficient (Wildman–Crippen LogP) is 3.73. The van der Waals surface area contributed by atoms with Gasteiger partial charge in [0.25, 0.3) is 0 Å². The van der Waals surface area contributed by atoms with Crippen molar-refractivity contribution in [3.63, 3.8) is 0 Å². The Morgan fingerprint density at radius 2 is 1.64 bits per heavy atom. The number of benzene rings is 1. The average Bonchev–Trinajstić information content (AvgIpc) is 2.56. The molecule has 0 atom stereocenters. The SMILES string of the molecule is Cc1cccc(C)c1COc1ccc(-c2ccccn2)nn1. The highest BCUT2D eigenvalue weighted by molar-refractivity contribution is 5.52. The van der Waals surface area contributed by atoms with E-state index in [-0.39, 0.29) is 0 Å². The highest BCUT2D eigenvalue weighted by atomic mass is 16.5. The van der Waals surface area contributed by atoms with Crippen LogP contribution in [0.1, 0.15) is 16.7 Å². The minimum Gasteiger partial charge on any atom is -0.472 e. The third kappa shape index (κ3) is 3.11. The number of aromatic nitrogens is 3. The van der Waals surface area contributed by atoms with Gasteiger partial charge in [-0.2, -0.15) is 0 Å². The van der Waals surface area contributed by atoms with Gasteiger partial charge in [0.05, 0.1) is 5.69 Å². The molecule has 0 fully saturated rings. The standard InChI is InChI=1S/C18H17N3O/c1-13-6-5-7-14(2)15(13)12-22-18-10-9-17(20-21-18)16-8-3-4-11-19-16/h3-11H,12H2,1-2H3. The molecule has 0 amide bonds. The largest absolute Gasteiger partial charge is 0.472 e. The molecule has 0 aliphatic heterocycles. The van der Waals surface area contributed by atoms with Gasteiger partial charge in [-0.1, -0.05) is 24.3 Å². The molecule has 4 nitrogen and oxygen atoms in total. The van der Waals surface area contributed by atoms with Crippen LogP contribution in [0.15, 0.2) is 54.7 Å². The maximum Gasteiger partial charge on any atom is 0.233 e. The fourth-order valence-electron chi connectivity index (χ4n) is 2.27. The van der Waals surface area contributed by atoms with Crippen LogP contribution in [0.4, 0.5) is 0 Å². The van der Waals surface area contributed by atoms with Crippen molar-refractivity contribution in [2.24, 2.45) is 0 Å². The molecule has 0 bridgehead atoms. The summed E-state index contributed by atoms with van der Waals surface area (Å²) in [5, 5.41) is 8.29. The Morgan fingerprint density at radius 3 is 2.27 bits per heavy atom. The maximum atomic E-state index is 5.75. The summed E-state index contributed by atoms with van der Waals surface area (Å²) in [6.07, 6.45) is 1.74. The molecule has 1 aromatic carbocycles. The second-order valence-electron chi connectivity index (χ2n) is 5.13. The zero-order valence-corrected chi connectivity index (χ0v) is 12.7. The lowest BCUT2D eigenvalue weighted by molar-refractivity contribution is 0.289. The Hall–Kier alpha value is -2.75. The van der Waals surface area contributed by atoms with Crippen molar-refractivity contribution in [1.29, 1.82) is 0 Å². The summed E-state index contributed by atoms with van der Waals surface area (Å²) >= 11 is 0. The van der Waals surface area contributed by atoms with Crippen LogP contribution in [-0.2, 0) is 6.61 Å². The number of aryl methyl sites for hydroxylation is 2. The Balaban J connectivity index is 1.72. The fourth-order valence-corrected chi connectivity index (χ4v) is 2.27. The minimum absolute atomic E-state index is 0.496. The van der Waals surface area contributed by atoms with Crippen LogP contribution >= 0.6 is 0 Å². The van der Waals surface area contributed by atoms with E-state index in [4.69, 9.17) is 4.74 Å². The van der Waals surface area contributed by atoms with E-state index in [1.807, 2.05) is 30.3 Å². The van der Waals surface area contributed by atoms with Crippen molar-refractivity contribution in [3.8, 4) is 17.3 Å². The van der Waals surface area contributed by atoms with E-state index in [0.717, 1.165) is 11.4 Å². The first-order valence-corrected chi connectivity index (χ1v) is 7.17. The van der Waals surface area contributed by atoms with E-state index < -0.39 is 0 Å². The molecule has 110 valence electrons. The molecule has 0 saturated carbocycles. The second kappa shape index (κ2) is 6.35.